The van der Waals surface area contributed by atoms with E-state index in [0.717, 1.165) is 13.3 Å². The summed E-state index contributed by atoms with van der Waals surface area (Å²) in [4.78, 5) is 20.1. The fraction of sp³-hybridized carbons (Fsp3) is 1.00. The van der Waals surface area contributed by atoms with Crippen LogP contribution < -0.4 is 68.9 Å². The first-order valence-electron chi connectivity index (χ1n) is 2.55. The zero-order chi connectivity index (χ0) is 9.28. The minimum atomic E-state index is -4.77. The van der Waals surface area contributed by atoms with E-state index in [1.165, 1.54) is 0 Å². The van der Waals surface area contributed by atoms with Gasteiger partial charge >= 0.3 is 59.1 Å². The van der Waals surface area contributed by atoms with Gasteiger partial charge in [0.2, 0.25) is 10.0 Å². The van der Waals surface area contributed by atoms with Crippen molar-refractivity contribution in [3.8, 4) is 0 Å². The van der Waals surface area contributed by atoms with Gasteiger partial charge in [-0.25, -0.2) is 12.7 Å². The molecule has 0 saturated carbocycles. The maximum atomic E-state index is 10.5. The molecule has 68 valence electrons. The third-order valence-electron chi connectivity index (χ3n) is 0.939. The molecule has 0 N–H and O–H groups in total. The molecule has 13 heavy (non-hydrogen) atoms. The van der Waals surface area contributed by atoms with Gasteiger partial charge in [0.05, 0.1) is 6.26 Å². The van der Waals surface area contributed by atoms with E-state index in [1.54, 1.807) is 0 Å². The molecule has 0 heterocycles. The van der Waals surface area contributed by atoms with Crippen molar-refractivity contribution in [3.63, 3.8) is 0 Å². The molecule has 0 aliphatic carbocycles. The maximum Gasteiger partial charge on any atom is 1.00 e. The number of hydrogen-bond donors (Lipinski definition) is 0. The minimum absolute atomic E-state index is 0. The van der Waals surface area contributed by atoms with Crippen LogP contribution in [-0.2, 0) is 14.6 Å². The quantitative estimate of drug-likeness (QED) is 0.364. The van der Waals surface area contributed by atoms with Crippen molar-refractivity contribution in [2.45, 2.75) is 0 Å². The molecule has 0 aliphatic heterocycles. The summed E-state index contributed by atoms with van der Waals surface area (Å²) in [6, 6.07) is 0. The van der Waals surface area contributed by atoms with E-state index < -0.39 is 23.9 Å². The van der Waals surface area contributed by atoms with Gasteiger partial charge < -0.3 is 14.4 Å². The Morgan fingerprint density at radius 3 is 1.69 bits per heavy atom. The first kappa shape index (κ1) is 20.5. The number of hydrogen-bond acceptors (Lipinski definition) is 5. The Morgan fingerprint density at radius 2 is 1.62 bits per heavy atom. The van der Waals surface area contributed by atoms with E-state index in [-0.39, 0.29) is 59.1 Å². The average molecular weight is 247 g/mol. The summed E-state index contributed by atoms with van der Waals surface area (Å²) in [5, 5.41) is 0. The van der Waals surface area contributed by atoms with E-state index in [4.69, 9.17) is 0 Å². The fourth-order valence-corrected chi connectivity index (χ4v) is 2.10. The zero-order valence-electron chi connectivity index (χ0n) is 8.05. The van der Waals surface area contributed by atoms with Crippen LogP contribution in [0.1, 0.15) is 0 Å². The van der Waals surface area contributed by atoms with Crippen molar-refractivity contribution in [2.24, 2.45) is 0 Å². The van der Waals surface area contributed by atoms with Gasteiger partial charge in [0, 0.05) is 13.3 Å². The normalized spacial score (nSPS) is 11.8. The third kappa shape index (κ3) is 12.0. The van der Waals surface area contributed by atoms with Gasteiger partial charge in [-0.15, -0.1) is 0 Å². The molecule has 0 bridgehead atoms. The summed E-state index contributed by atoms with van der Waals surface area (Å²) < 4.78 is 31.6. The first-order chi connectivity index (χ1) is 4.63. The molecule has 0 spiro atoms. The fourth-order valence-electron chi connectivity index (χ4n) is 0.349. The van der Waals surface area contributed by atoms with Gasteiger partial charge in [-0.05, 0) is 0 Å². The molecule has 0 fully saturated rings. The minimum Gasteiger partial charge on any atom is -0.810 e. The summed E-state index contributed by atoms with van der Waals surface area (Å²) >= 11 is 0. The van der Waals surface area contributed by atoms with Gasteiger partial charge in [0.1, 0.15) is 0 Å². The van der Waals surface area contributed by atoms with Crippen LogP contribution in [0.2, 0.25) is 0 Å². The maximum absolute atomic E-state index is 10.5. The Hall–Kier alpha value is 2.06. The molecule has 0 unspecified atom stereocenters. The van der Waals surface area contributed by atoms with Gasteiger partial charge in [-0.3, -0.25) is 0 Å². The summed E-state index contributed by atoms with van der Waals surface area (Å²) in [7, 11) is -7.32. The van der Waals surface area contributed by atoms with Crippen molar-refractivity contribution in [1.29, 1.82) is 0 Å². The molecule has 0 saturated heterocycles. The monoisotopic (exact) mass is 247 g/mol. The van der Waals surface area contributed by atoms with Gasteiger partial charge in [0.25, 0.3) is 0 Å². The second kappa shape index (κ2) is 7.35. The molecule has 0 amide bonds. The third-order valence-corrected chi connectivity index (χ3v) is 3.16. The predicted molar refractivity (Wildman–Crippen MR) is 35.1 cm³/mol. The Balaban J connectivity index is -0.000000500. The number of sulfonamides is 1. The van der Waals surface area contributed by atoms with Crippen molar-refractivity contribution in [1.82, 2.24) is 4.31 Å². The molecular weight excluding hydrogens is 239 g/mol. The molecule has 0 aliphatic rings. The van der Waals surface area contributed by atoms with Gasteiger partial charge in [-0.1, -0.05) is 7.60 Å². The van der Waals surface area contributed by atoms with E-state index >= 15 is 0 Å². The van der Waals surface area contributed by atoms with Crippen LogP contribution in [0.3, 0.4) is 0 Å². The molecular formula is C3H8NNa2O5PS. The molecule has 10 heteroatoms. The van der Waals surface area contributed by atoms with Gasteiger partial charge in [0.15, 0.2) is 0 Å². The van der Waals surface area contributed by atoms with Crippen molar-refractivity contribution in [2.75, 3.05) is 19.6 Å². The van der Waals surface area contributed by atoms with Crippen molar-refractivity contribution < 1.29 is 81.9 Å². The number of rotatable bonds is 3. The Kier molecular flexibility index (Phi) is 11.6. The van der Waals surface area contributed by atoms with Crippen LogP contribution in [0.25, 0.3) is 0 Å². The predicted octanol–water partition coefficient (Wildman–Crippen LogP) is -8.24. The van der Waals surface area contributed by atoms with E-state index in [9.17, 15) is 22.8 Å². The Morgan fingerprint density at radius 1 is 1.31 bits per heavy atom. The summed E-state index contributed by atoms with van der Waals surface area (Å²) in [5.74, 6) is 0. The molecule has 0 aromatic heterocycles. The SMILES string of the molecule is CN(CP(=O)([O-])[O-])S(C)(=O)=O.[Na+].[Na+]. The van der Waals surface area contributed by atoms with Gasteiger partial charge in [-0.2, -0.15) is 0 Å². The van der Waals surface area contributed by atoms with Crippen LogP contribution in [0.5, 0.6) is 0 Å². The molecule has 6 nitrogen and oxygen atoms in total. The van der Waals surface area contributed by atoms with Crippen LogP contribution >= 0.6 is 7.60 Å². The molecule has 0 atom stereocenters. The van der Waals surface area contributed by atoms with E-state index in [1.807, 2.05) is 0 Å². The molecule has 0 radical (unpaired) electrons. The average Bonchev–Trinajstić information content (AvgIpc) is 1.56. The summed E-state index contributed by atoms with van der Waals surface area (Å²) in [5.41, 5.74) is 0. The number of nitrogens with zero attached hydrogens (tertiary/aromatic N) is 1. The van der Waals surface area contributed by atoms with E-state index in [2.05, 4.69) is 0 Å². The van der Waals surface area contributed by atoms with Crippen LogP contribution in [0.15, 0.2) is 0 Å². The molecule has 0 aromatic carbocycles. The Labute approximate surface area is 122 Å². The van der Waals surface area contributed by atoms with Crippen LogP contribution in [-0.4, -0.2) is 32.3 Å². The molecule has 0 rings (SSSR count). The molecule has 0 aromatic rings. The Bertz CT molecular complexity index is 274. The first-order valence-corrected chi connectivity index (χ1v) is 6.13. The summed E-state index contributed by atoms with van der Waals surface area (Å²) in [6.45, 7) is 0. The second-order valence-electron chi connectivity index (χ2n) is 2.11. The van der Waals surface area contributed by atoms with Crippen LogP contribution in [0, 0.1) is 0 Å². The second-order valence-corrected chi connectivity index (χ2v) is 5.71. The smallest absolute Gasteiger partial charge is 0.810 e. The summed E-state index contributed by atoms with van der Waals surface area (Å²) in [6.07, 6.45) is -0.172. The van der Waals surface area contributed by atoms with Crippen molar-refractivity contribution in [3.05, 3.63) is 0 Å². The zero-order valence-corrected chi connectivity index (χ0v) is 13.8. The topological polar surface area (TPSA) is 101 Å². The van der Waals surface area contributed by atoms with E-state index in [0.29, 0.717) is 4.31 Å². The van der Waals surface area contributed by atoms with Crippen molar-refractivity contribution >= 4 is 17.6 Å². The largest absolute Gasteiger partial charge is 1.00 e. The van der Waals surface area contributed by atoms with Crippen LogP contribution in [0.4, 0.5) is 0 Å². The standard InChI is InChI=1S/C3H10NO5PS.2Na/c1-4(11(2,8)9)3-10(5,6)7;;/h3H2,1-2H3,(H2,5,6,7);;/q;2*+1/p-2.